The Morgan fingerprint density at radius 3 is 1.86 bits per heavy atom. The lowest BCUT2D eigenvalue weighted by Gasteiger charge is -2.02. The smallest absolute Gasteiger partial charge is 0.329 e. The number of rotatable bonds is 3. The van der Waals surface area contributed by atoms with Crippen molar-refractivity contribution in [1.82, 2.24) is 5.32 Å². The molecule has 0 saturated heterocycles. The number of nitrogens with one attached hydrogen (secondary N) is 1. The fraction of sp³-hybridized carbons (Fsp3) is 0.400. The third kappa shape index (κ3) is 13.0. The average Bonchev–Trinajstić information content (AvgIpc) is 2.16. The second kappa shape index (κ2) is 9.51. The number of hydrogen-bond acceptors (Lipinski definition) is 3. The number of methoxy groups -OCH3 is 1. The Morgan fingerprint density at radius 1 is 1.29 bits per heavy atom. The molecule has 0 aliphatic heterocycles. The molecule has 0 saturated carbocycles. The molecule has 80 valence electrons. The third-order valence-corrected chi connectivity index (χ3v) is 0.984. The Morgan fingerprint density at radius 2 is 1.79 bits per heavy atom. The lowest BCUT2D eigenvalue weighted by molar-refractivity contribution is -0.134. The molecule has 0 spiro atoms. The number of ether oxygens (including phenoxy) is 1. The van der Waals surface area contributed by atoms with Gasteiger partial charge < -0.3 is 10.1 Å². The van der Waals surface area contributed by atoms with Gasteiger partial charge in [0.1, 0.15) is 0 Å². The van der Waals surface area contributed by atoms with Crippen LogP contribution in [-0.4, -0.2) is 25.0 Å². The Hall–Kier alpha value is -1.58. The second-order valence-corrected chi connectivity index (χ2v) is 2.59. The van der Waals surface area contributed by atoms with E-state index in [0.717, 1.165) is 6.08 Å². The molecule has 0 aromatic heterocycles. The van der Waals surface area contributed by atoms with Gasteiger partial charge in [0.15, 0.2) is 0 Å². The van der Waals surface area contributed by atoms with E-state index >= 15 is 0 Å². The van der Waals surface area contributed by atoms with E-state index in [0.29, 0.717) is 0 Å². The quantitative estimate of drug-likeness (QED) is 0.546. The van der Waals surface area contributed by atoms with E-state index in [1.165, 1.54) is 13.2 Å². The highest BCUT2D eigenvalue weighted by molar-refractivity contribution is 5.86. The normalized spacial score (nSPS) is 8.00. The largest absolute Gasteiger partial charge is 0.466 e. The molecule has 1 amide bonds. The van der Waals surface area contributed by atoms with Crippen molar-refractivity contribution in [2.24, 2.45) is 0 Å². The van der Waals surface area contributed by atoms with Crippen molar-refractivity contribution in [2.75, 3.05) is 7.11 Å². The molecule has 0 fully saturated rings. The van der Waals surface area contributed by atoms with E-state index in [4.69, 9.17) is 0 Å². The summed E-state index contributed by atoms with van der Waals surface area (Å²) >= 11 is 0. The first-order valence-electron chi connectivity index (χ1n) is 4.11. The minimum absolute atomic E-state index is 0.111. The molecule has 1 N–H and O–H groups in total. The first-order valence-corrected chi connectivity index (χ1v) is 4.11. The standard InChI is InChI=1S/C6H11NO.C4H6O2/c1-4-6(8)7-5(2)3;1-3-4(5)6-2/h4-5H,1H2,2-3H3,(H,7,8);3H,1H2,2H3. The molecule has 0 bridgehead atoms. The zero-order valence-corrected chi connectivity index (χ0v) is 8.87. The second-order valence-electron chi connectivity index (χ2n) is 2.59. The van der Waals surface area contributed by atoms with Crippen LogP contribution in [0, 0.1) is 0 Å². The monoisotopic (exact) mass is 199 g/mol. The highest BCUT2D eigenvalue weighted by Gasteiger charge is 1.93. The van der Waals surface area contributed by atoms with Crippen LogP contribution in [-0.2, 0) is 14.3 Å². The van der Waals surface area contributed by atoms with E-state index in [9.17, 15) is 9.59 Å². The maximum Gasteiger partial charge on any atom is 0.329 e. The van der Waals surface area contributed by atoms with Crippen LogP contribution < -0.4 is 5.32 Å². The lowest BCUT2D eigenvalue weighted by Crippen LogP contribution is -2.27. The Kier molecular flexibility index (Phi) is 10.1. The van der Waals surface area contributed by atoms with Crippen LogP contribution >= 0.6 is 0 Å². The molecule has 0 aromatic carbocycles. The first-order chi connectivity index (χ1) is 6.47. The van der Waals surface area contributed by atoms with E-state index < -0.39 is 5.97 Å². The van der Waals surface area contributed by atoms with Crippen LogP contribution in [0.5, 0.6) is 0 Å². The fourth-order valence-corrected chi connectivity index (χ4v) is 0.427. The summed E-state index contributed by atoms with van der Waals surface area (Å²) in [4.78, 5) is 20.2. The number of hydrogen-bond donors (Lipinski definition) is 1. The van der Waals surface area contributed by atoms with Crippen molar-refractivity contribution in [3.63, 3.8) is 0 Å². The van der Waals surface area contributed by atoms with Gasteiger partial charge >= 0.3 is 5.97 Å². The highest BCUT2D eigenvalue weighted by Crippen LogP contribution is 1.75. The van der Waals surface area contributed by atoms with Crippen LogP contribution in [0.1, 0.15) is 13.8 Å². The van der Waals surface area contributed by atoms with E-state index in [2.05, 4.69) is 23.2 Å². The molecule has 0 rings (SSSR count). The van der Waals surface area contributed by atoms with Gasteiger partial charge in [-0.2, -0.15) is 0 Å². The van der Waals surface area contributed by atoms with Gasteiger partial charge in [-0.05, 0) is 19.9 Å². The summed E-state index contributed by atoms with van der Waals surface area (Å²) in [6, 6.07) is 0.209. The number of esters is 1. The van der Waals surface area contributed by atoms with Gasteiger partial charge in [-0.25, -0.2) is 4.79 Å². The predicted octanol–water partition coefficient (Wildman–Crippen LogP) is 1.04. The summed E-state index contributed by atoms with van der Waals surface area (Å²) in [5.74, 6) is -0.505. The lowest BCUT2D eigenvalue weighted by atomic mass is 10.4. The molecule has 4 nitrogen and oxygen atoms in total. The highest BCUT2D eigenvalue weighted by atomic mass is 16.5. The molecular weight excluding hydrogens is 182 g/mol. The van der Waals surface area contributed by atoms with Crippen LogP contribution in [0.15, 0.2) is 25.3 Å². The molecular formula is C10H17NO3. The van der Waals surface area contributed by atoms with E-state index in [1.807, 2.05) is 13.8 Å². The maximum atomic E-state index is 10.4. The molecule has 0 heterocycles. The minimum atomic E-state index is -0.394. The predicted molar refractivity (Wildman–Crippen MR) is 55.7 cm³/mol. The summed E-state index contributed by atoms with van der Waals surface area (Å²) < 4.78 is 4.14. The molecule has 0 atom stereocenters. The molecule has 0 radical (unpaired) electrons. The van der Waals surface area contributed by atoms with Gasteiger partial charge in [-0.15, -0.1) is 0 Å². The third-order valence-electron chi connectivity index (χ3n) is 0.984. The zero-order valence-electron chi connectivity index (χ0n) is 8.87. The Balaban J connectivity index is 0. The fourth-order valence-electron chi connectivity index (χ4n) is 0.427. The van der Waals surface area contributed by atoms with Crippen molar-refractivity contribution in [3.8, 4) is 0 Å². The zero-order chi connectivity index (χ0) is 11.6. The van der Waals surface area contributed by atoms with Crippen molar-refractivity contribution in [1.29, 1.82) is 0 Å². The minimum Gasteiger partial charge on any atom is -0.466 e. The maximum absolute atomic E-state index is 10.4. The number of carbonyl (C=O) groups excluding carboxylic acids is 2. The first kappa shape index (κ1) is 14.9. The average molecular weight is 199 g/mol. The summed E-state index contributed by atoms with van der Waals surface area (Å²) in [6.45, 7) is 10.3. The number of amides is 1. The molecule has 0 aliphatic rings. The summed E-state index contributed by atoms with van der Waals surface area (Å²) in [6.07, 6.45) is 2.38. The number of carbonyl (C=O) groups is 2. The van der Waals surface area contributed by atoms with Crippen molar-refractivity contribution in [3.05, 3.63) is 25.3 Å². The van der Waals surface area contributed by atoms with E-state index in [-0.39, 0.29) is 11.9 Å². The van der Waals surface area contributed by atoms with E-state index in [1.54, 1.807) is 0 Å². The SMILES string of the molecule is C=CC(=O)NC(C)C.C=CC(=O)OC. The van der Waals surface area contributed by atoms with Crippen molar-refractivity contribution < 1.29 is 14.3 Å². The van der Waals surface area contributed by atoms with Gasteiger partial charge in [-0.3, -0.25) is 4.79 Å². The summed E-state index contributed by atoms with van der Waals surface area (Å²) in [5, 5.41) is 2.64. The topological polar surface area (TPSA) is 55.4 Å². The van der Waals surface area contributed by atoms with Crippen LogP contribution in [0.4, 0.5) is 0 Å². The molecule has 0 unspecified atom stereocenters. The van der Waals surface area contributed by atoms with Gasteiger partial charge in [0.25, 0.3) is 0 Å². The Labute approximate surface area is 84.6 Å². The molecule has 4 heteroatoms. The Bertz CT molecular complexity index is 209. The molecule has 14 heavy (non-hydrogen) atoms. The molecule has 0 aromatic rings. The summed E-state index contributed by atoms with van der Waals surface area (Å²) in [7, 11) is 1.31. The van der Waals surface area contributed by atoms with Gasteiger partial charge in [0.2, 0.25) is 5.91 Å². The molecule has 0 aliphatic carbocycles. The van der Waals surface area contributed by atoms with Crippen LogP contribution in [0.25, 0.3) is 0 Å². The van der Waals surface area contributed by atoms with Gasteiger partial charge in [0, 0.05) is 12.1 Å². The van der Waals surface area contributed by atoms with Gasteiger partial charge in [0.05, 0.1) is 7.11 Å². The van der Waals surface area contributed by atoms with Crippen molar-refractivity contribution in [2.45, 2.75) is 19.9 Å². The summed E-state index contributed by atoms with van der Waals surface area (Å²) in [5.41, 5.74) is 0. The van der Waals surface area contributed by atoms with Crippen LogP contribution in [0.2, 0.25) is 0 Å². The van der Waals surface area contributed by atoms with Crippen LogP contribution in [0.3, 0.4) is 0 Å². The van der Waals surface area contributed by atoms with Crippen molar-refractivity contribution >= 4 is 11.9 Å². The van der Waals surface area contributed by atoms with Gasteiger partial charge in [-0.1, -0.05) is 13.2 Å².